The molecule has 1 heterocycles. The SMILES string of the molecule is C=CCSCCNC(=O)c1cc2cc(N)ccc2[nH]1. The van der Waals surface area contributed by atoms with E-state index in [2.05, 4.69) is 16.9 Å². The first kappa shape index (κ1) is 13.5. The van der Waals surface area contributed by atoms with E-state index in [0.717, 1.165) is 22.4 Å². The molecule has 19 heavy (non-hydrogen) atoms. The van der Waals surface area contributed by atoms with Gasteiger partial charge in [0.05, 0.1) is 0 Å². The van der Waals surface area contributed by atoms with Gasteiger partial charge in [-0.25, -0.2) is 0 Å². The van der Waals surface area contributed by atoms with E-state index in [4.69, 9.17) is 5.73 Å². The number of nitrogen functional groups attached to an aromatic ring is 1. The van der Waals surface area contributed by atoms with Crippen LogP contribution in [0.25, 0.3) is 10.9 Å². The maximum absolute atomic E-state index is 11.9. The van der Waals surface area contributed by atoms with Gasteiger partial charge >= 0.3 is 0 Å². The number of benzene rings is 1. The van der Waals surface area contributed by atoms with Gasteiger partial charge in [0.1, 0.15) is 5.69 Å². The quantitative estimate of drug-likeness (QED) is 0.431. The molecule has 0 aliphatic rings. The lowest BCUT2D eigenvalue weighted by Crippen LogP contribution is -2.26. The summed E-state index contributed by atoms with van der Waals surface area (Å²) in [6.07, 6.45) is 1.86. The van der Waals surface area contributed by atoms with Crippen LogP contribution in [0.1, 0.15) is 10.5 Å². The molecule has 1 aromatic carbocycles. The van der Waals surface area contributed by atoms with E-state index in [0.29, 0.717) is 17.9 Å². The fourth-order valence-corrected chi connectivity index (χ4v) is 2.35. The first-order chi connectivity index (χ1) is 9.20. The van der Waals surface area contributed by atoms with Crippen molar-refractivity contribution < 1.29 is 4.79 Å². The molecule has 0 radical (unpaired) electrons. The third-order valence-electron chi connectivity index (χ3n) is 2.66. The number of nitrogens with two attached hydrogens (primary N) is 1. The normalized spacial score (nSPS) is 10.5. The van der Waals surface area contributed by atoms with Gasteiger partial charge in [0.2, 0.25) is 0 Å². The molecule has 1 amide bonds. The Kier molecular flexibility index (Phi) is 4.52. The van der Waals surface area contributed by atoms with Crippen LogP contribution in [-0.2, 0) is 0 Å². The molecule has 0 atom stereocenters. The fourth-order valence-electron chi connectivity index (χ4n) is 1.77. The summed E-state index contributed by atoms with van der Waals surface area (Å²) in [5, 5.41) is 3.83. The largest absolute Gasteiger partial charge is 0.399 e. The van der Waals surface area contributed by atoms with Crippen molar-refractivity contribution in [3.63, 3.8) is 0 Å². The van der Waals surface area contributed by atoms with Crippen molar-refractivity contribution in [2.45, 2.75) is 0 Å². The summed E-state index contributed by atoms with van der Waals surface area (Å²) in [5.74, 6) is 1.70. The number of fused-ring (bicyclic) bond motifs is 1. The Balaban J connectivity index is 1.95. The second kappa shape index (κ2) is 6.33. The fraction of sp³-hybridized carbons (Fsp3) is 0.214. The zero-order valence-corrected chi connectivity index (χ0v) is 11.4. The van der Waals surface area contributed by atoms with Crippen molar-refractivity contribution in [1.29, 1.82) is 0 Å². The summed E-state index contributed by atoms with van der Waals surface area (Å²) < 4.78 is 0. The van der Waals surface area contributed by atoms with Crippen LogP contribution < -0.4 is 11.1 Å². The predicted octanol–water partition coefficient (Wildman–Crippen LogP) is 2.40. The summed E-state index contributed by atoms with van der Waals surface area (Å²) in [6, 6.07) is 7.36. The molecule has 5 heteroatoms. The minimum atomic E-state index is -0.0889. The van der Waals surface area contributed by atoms with Crippen LogP contribution in [0.5, 0.6) is 0 Å². The lowest BCUT2D eigenvalue weighted by molar-refractivity contribution is 0.0952. The number of carbonyl (C=O) groups is 1. The Labute approximate surface area is 116 Å². The molecule has 0 aliphatic heterocycles. The van der Waals surface area contributed by atoms with E-state index >= 15 is 0 Å². The Morgan fingerprint density at radius 2 is 2.32 bits per heavy atom. The van der Waals surface area contributed by atoms with Crippen molar-refractivity contribution in [1.82, 2.24) is 10.3 Å². The molecule has 4 nitrogen and oxygen atoms in total. The third kappa shape index (κ3) is 3.54. The lowest BCUT2D eigenvalue weighted by atomic mass is 10.2. The lowest BCUT2D eigenvalue weighted by Gasteiger charge is -2.02. The van der Waals surface area contributed by atoms with E-state index in [9.17, 15) is 4.79 Å². The van der Waals surface area contributed by atoms with Crippen LogP contribution in [0.2, 0.25) is 0 Å². The zero-order chi connectivity index (χ0) is 13.7. The molecule has 0 fully saturated rings. The molecular formula is C14H17N3OS. The molecule has 4 N–H and O–H groups in total. The number of anilines is 1. The summed E-state index contributed by atoms with van der Waals surface area (Å²) in [5.41, 5.74) is 7.89. The molecule has 0 saturated heterocycles. The van der Waals surface area contributed by atoms with Crippen molar-refractivity contribution in [3.05, 3.63) is 42.6 Å². The number of aromatic nitrogens is 1. The van der Waals surface area contributed by atoms with E-state index in [1.165, 1.54) is 0 Å². The van der Waals surface area contributed by atoms with Gasteiger partial charge in [0.25, 0.3) is 5.91 Å². The summed E-state index contributed by atoms with van der Waals surface area (Å²) in [6.45, 7) is 4.30. The second-order valence-electron chi connectivity index (χ2n) is 4.15. The zero-order valence-electron chi connectivity index (χ0n) is 10.6. The molecule has 0 unspecified atom stereocenters. The maximum Gasteiger partial charge on any atom is 0.267 e. The Morgan fingerprint density at radius 1 is 1.47 bits per heavy atom. The molecular weight excluding hydrogens is 258 g/mol. The van der Waals surface area contributed by atoms with E-state index in [-0.39, 0.29) is 5.91 Å². The van der Waals surface area contributed by atoms with Crippen molar-refractivity contribution in [3.8, 4) is 0 Å². The maximum atomic E-state index is 11.9. The predicted molar refractivity (Wildman–Crippen MR) is 82.6 cm³/mol. The van der Waals surface area contributed by atoms with E-state index in [1.807, 2.05) is 30.3 Å². The average molecular weight is 275 g/mol. The van der Waals surface area contributed by atoms with Crippen molar-refractivity contribution >= 4 is 34.3 Å². The van der Waals surface area contributed by atoms with E-state index in [1.54, 1.807) is 11.8 Å². The number of thioether (sulfide) groups is 1. The molecule has 0 bridgehead atoms. The van der Waals surface area contributed by atoms with Gasteiger partial charge in [0.15, 0.2) is 0 Å². The van der Waals surface area contributed by atoms with Crippen LogP contribution in [0.4, 0.5) is 5.69 Å². The highest BCUT2D eigenvalue weighted by atomic mass is 32.2. The first-order valence-electron chi connectivity index (χ1n) is 6.06. The van der Waals surface area contributed by atoms with Gasteiger partial charge in [-0.3, -0.25) is 4.79 Å². The first-order valence-corrected chi connectivity index (χ1v) is 7.21. The molecule has 2 aromatic rings. The number of rotatable bonds is 6. The second-order valence-corrected chi connectivity index (χ2v) is 5.30. The molecule has 1 aromatic heterocycles. The van der Waals surface area contributed by atoms with Gasteiger partial charge in [-0.05, 0) is 24.3 Å². The number of hydrogen-bond donors (Lipinski definition) is 3. The monoisotopic (exact) mass is 275 g/mol. The highest BCUT2D eigenvalue weighted by Gasteiger charge is 2.08. The minimum Gasteiger partial charge on any atom is -0.399 e. The smallest absolute Gasteiger partial charge is 0.267 e. The molecule has 2 rings (SSSR count). The van der Waals surface area contributed by atoms with Gasteiger partial charge in [0, 0.05) is 34.6 Å². The Bertz CT molecular complexity index is 591. The number of hydrogen-bond acceptors (Lipinski definition) is 3. The van der Waals surface area contributed by atoms with Crippen LogP contribution >= 0.6 is 11.8 Å². The van der Waals surface area contributed by atoms with E-state index < -0.39 is 0 Å². The summed E-state index contributed by atoms with van der Waals surface area (Å²) >= 11 is 1.74. The number of H-pyrrole nitrogens is 1. The van der Waals surface area contributed by atoms with Crippen LogP contribution in [0.15, 0.2) is 36.9 Å². The van der Waals surface area contributed by atoms with Crippen LogP contribution in [-0.4, -0.2) is 28.9 Å². The number of nitrogens with one attached hydrogen (secondary N) is 2. The van der Waals surface area contributed by atoms with Crippen molar-refractivity contribution in [2.75, 3.05) is 23.8 Å². The molecule has 0 aliphatic carbocycles. The summed E-state index contributed by atoms with van der Waals surface area (Å²) in [7, 11) is 0. The highest BCUT2D eigenvalue weighted by Crippen LogP contribution is 2.18. The molecule has 0 spiro atoms. The Hall–Kier alpha value is -1.88. The Morgan fingerprint density at radius 3 is 3.11 bits per heavy atom. The van der Waals surface area contributed by atoms with Gasteiger partial charge < -0.3 is 16.0 Å². The number of amides is 1. The van der Waals surface area contributed by atoms with Crippen molar-refractivity contribution in [2.24, 2.45) is 0 Å². The number of carbonyl (C=O) groups excluding carboxylic acids is 1. The minimum absolute atomic E-state index is 0.0889. The van der Waals surface area contributed by atoms with Gasteiger partial charge in [-0.15, -0.1) is 6.58 Å². The summed E-state index contributed by atoms with van der Waals surface area (Å²) in [4.78, 5) is 15.0. The van der Waals surface area contributed by atoms with Crippen LogP contribution in [0, 0.1) is 0 Å². The highest BCUT2D eigenvalue weighted by molar-refractivity contribution is 7.99. The van der Waals surface area contributed by atoms with Gasteiger partial charge in [-0.1, -0.05) is 6.08 Å². The van der Waals surface area contributed by atoms with Crippen LogP contribution in [0.3, 0.4) is 0 Å². The third-order valence-corrected chi connectivity index (χ3v) is 3.62. The molecule has 0 saturated carbocycles. The number of aromatic amines is 1. The molecule has 100 valence electrons. The topological polar surface area (TPSA) is 70.9 Å². The van der Waals surface area contributed by atoms with Gasteiger partial charge in [-0.2, -0.15) is 11.8 Å². The standard InChI is InChI=1S/C14H17N3OS/c1-2-6-19-7-5-16-14(18)13-9-10-8-11(15)3-4-12(10)17-13/h2-4,8-9,17H,1,5-7,15H2,(H,16,18). The average Bonchev–Trinajstić information content (AvgIpc) is 2.81.